The Bertz CT molecular complexity index is 1300. The summed E-state index contributed by atoms with van der Waals surface area (Å²) in [7, 11) is 0. The molecule has 0 bridgehead atoms. The fourth-order valence-corrected chi connectivity index (χ4v) is 4.43. The summed E-state index contributed by atoms with van der Waals surface area (Å²) in [5.74, 6) is -1.11. The highest BCUT2D eigenvalue weighted by molar-refractivity contribution is 7.16. The summed E-state index contributed by atoms with van der Waals surface area (Å²) >= 11 is 1.27. The number of amides is 1. The minimum atomic E-state index is -0.604. The van der Waals surface area contributed by atoms with Crippen LogP contribution < -0.4 is 5.32 Å². The molecule has 7 nitrogen and oxygen atoms in total. The molecule has 0 spiro atoms. The molecule has 1 amide bonds. The first kappa shape index (κ1) is 22.8. The molecule has 1 aromatic carbocycles. The molecule has 3 aromatic rings. The molecule has 0 saturated carbocycles. The van der Waals surface area contributed by atoms with Crippen molar-refractivity contribution in [2.75, 3.05) is 11.9 Å². The van der Waals surface area contributed by atoms with Gasteiger partial charge < -0.3 is 14.6 Å². The van der Waals surface area contributed by atoms with Gasteiger partial charge in [0.25, 0.3) is 5.91 Å². The zero-order valence-electron chi connectivity index (χ0n) is 18.1. The van der Waals surface area contributed by atoms with Gasteiger partial charge in [-0.3, -0.25) is 4.79 Å². The van der Waals surface area contributed by atoms with Crippen molar-refractivity contribution >= 4 is 45.2 Å². The van der Waals surface area contributed by atoms with Crippen LogP contribution in [-0.4, -0.2) is 23.1 Å². The first-order valence-corrected chi connectivity index (χ1v) is 10.9. The molecule has 162 valence electrons. The standard InChI is InChI=1S/C24H22N4O3S/c1-4-31-24(30)21-15(2)16(3)32-23(21)27-22(29)17(13-26)12-18-14-28(11-7-10-25)20-9-6-5-8-19(18)20/h5-6,8-9,12,14H,4,7,11H2,1-3H3,(H,27,29). The lowest BCUT2D eigenvalue weighted by molar-refractivity contribution is -0.112. The molecular weight excluding hydrogens is 424 g/mol. The number of nitrogens with zero attached hydrogens (tertiary/aromatic N) is 3. The average Bonchev–Trinajstić information content (AvgIpc) is 3.27. The number of nitriles is 2. The molecule has 0 aliphatic heterocycles. The normalized spacial score (nSPS) is 11.1. The highest BCUT2D eigenvalue weighted by atomic mass is 32.1. The number of carbonyl (C=O) groups excluding carboxylic acids is 2. The topological polar surface area (TPSA) is 108 Å². The predicted molar refractivity (Wildman–Crippen MR) is 124 cm³/mol. The van der Waals surface area contributed by atoms with Gasteiger partial charge in [-0.25, -0.2) is 4.79 Å². The fourth-order valence-electron chi connectivity index (χ4n) is 3.38. The summed E-state index contributed by atoms with van der Waals surface area (Å²) in [4.78, 5) is 26.2. The zero-order chi connectivity index (χ0) is 23.3. The minimum Gasteiger partial charge on any atom is -0.462 e. The maximum absolute atomic E-state index is 12.9. The van der Waals surface area contributed by atoms with Crippen LogP contribution >= 0.6 is 11.3 Å². The Hall–Kier alpha value is -3.88. The van der Waals surface area contributed by atoms with Gasteiger partial charge in [0.1, 0.15) is 16.6 Å². The van der Waals surface area contributed by atoms with E-state index in [-0.39, 0.29) is 12.2 Å². The van der Waals surface area contributed by atoms with Gasteiger partial charge in [0.15, 0.2) is 0 Å². The van der Waals surface area contributed by atoms with Crippen LogP contribution in [0.4, 0.5) is 5.00 Å². The van der Waals surface area contributed by atoms with Gasteiger partial charge >= 0.3 is 5.97 Å². The Morgan fingerprint density at radius 1 is 1.25 bits per heavy atom. The van der Waals surface area contributed by atoms with Crippen LogP contribution in [0, 0.1) is 36.5 Å². The van der Waals surface area contributed by atoms with E-state index >= 15 is 0 Å². The Balaban J connectivity index is 1.96. The van der Waals surface area contributed by atoms with Crippen molar-refractivity contribution in [1.82, 2.24) is 4.57 Å². The molecule has 2 aromatic heterocycles. The molecule has 0 atom stereocenters. The number of rotatable bonds is 7. The molecule has 0 aliphatic carbocycles. The molecule has 1 N–H and O–H groups in total. The molecule has 8 heteroatoms. The molecule has 0 unspecified atom stereocenters. The van der Waals surface area contributed by atoms with Crippen molar-refractivity contribution in [3.63, 3.8) is 0 Å². The summed E-state index contributed by atoms with van der Waals surface area (Å²) in [6.45, 7) is 6.10. The summed E-state index contributed by atoms with van der Waals surface area (Å²) in [5.41, 5.74) is 2.58. The van der Waals surface area contributed by atoms with E-state index in [0.29, 0.717) is 29.1 Å². The van der Waals surface area contributed by atoms with Gasteiger partial charge in [-0.1, -0.05) is 18.2 Å². The van der Waals surface area contributed by atoms with E-state index in [4.69, 9.17) is 10.00 Å². The van der Waals surface area contributed by atoms with E-state index in [1.54, 1.807) is 13.8 Å². The number of benzene rings is 1. The number of aromatic nitrogens is 1. The predicted octanol–water partition coefficient (Wildman–Crippen LogP) is 4.96. The van der Waals surface area contributed by atoms with Crippen LogP contribution in [0.5, 0.6) is 0 Å². The van der Waals surface area contributed by atoms with Crippen molar-refractivity contribution in [3.8, 4) is 12.1 Å². The van der Waals surface area contributed by atoms with Gasteiger partial charge in [-0.15, -0.1) is 11.3 Å². The Morgan fingerprint density at radius 2 is 2.00 bits per heavy atom. The van der Waals surface area contributed by atoms with Gasteiger partial charge in [-0.2, -0.15) is 10.5 Å². The number of carbonyl (C=O) groups is 2. The highest BCUT2D eigenvalue weighted by Gasteiger charge is 2.23. The second kappa shape index (κ2) is 9.95. The SMILES string of the molecule is CCOC(=O)c1c(NC(=O)C(C#N)=Cc2cn(CCC#N)c3ccccc23)sc(C)c1C. The number of nitrogens with one attached hydrogen (secondary N) is 1. The van der Waals surface area contributed by atoms with E-state index in [9.17, 15) is 14.9 Å². The van der Waals surface area contributed by atoms with Crippen LogP contribution in [0.2, 0.25) is 0 Å². The summed E-state index contributed by atoms with van der Waals surface area (Å²) in [5, 5.41) is 22.5. The number of para-hydroxylation sites is 1. The van der Waals surface area contributed by atoms with E-state index in [1.807, 2.05) is 48.0 Å². The van der Waals surface area contributed by atoms with Crippen LogP contribution in [0.1, 0.15) is 39.7 Å². The maximum atomic E-state index is 12.9. The molecule has 32 heavy (non-hydrogen) atoms. The summed E-state index contributed by atoms with van der Waals surface area (Å²) in [6, 6.07) is 11.7. The number of anilines is 1. The van der Waals surface area contributed by atoms with Crippen molar-refractivity contribution in [3.05, 3.63) is 57.6 Å². The van der Waals surface area contributed by atoms with Crippen LogP contribution in [-0.2, 0) is 16.1 Å². The fraction of sp³-hybridized carbons (Fsp3) is 0.250. The third-order valence-corrected chi connectivity index (χ3v) is 6.16. The minimum absolute atomic E-state index is 0.0910. The summed E-state index contributed by atoms with van der Waals surface area (Å²) < 4.78 is 7.05. The number of hydrogen-bond donors (Lipinski definition) is 1. The number of thiophene rings is 1. The number of aryl methyl sites for hydroxylation is 2. The lowest BCUT2D eigenvalue weighted by Crippen LogP contribution is -2.16. The Morgan fingerprint density at radius 3 is 2.69 bits per heavy atom. The molecule has 0 saturated heterocycles. The monoisotopic (exact) mass is 446 g/mol. The van der Waals surface area contributed by atoms with Gasteiger partial charge in [0.2, 0.25) is 0 Å². The van der Waals surface area contributed by atoms with Gasteiger partial charge in [-0.05, 0) is 38.5 Å². The Labute approximate surface area is 190 Å². The van der Waals surface area contributed by atoms with Crippen molar-refractivity contribution < 1.29 is 14.3 Å². The second-order valence-corrected chi connectivity index (χ2v) is 8.26. The largest absolute Gasteiger partial charge is 0.462 e. The van der Waals surface area contributed by atoms with Crippen molar-refractivity contribution in [2.24, 2.45) is 0 Å². The second-order valence-electron chi connectivity index (χ2n) is 7.03. The third-order valence-electron chi connectivity index (χ3n) is 5.04. The molecule has 0 radical (unpaired) electrons. The third kappa shape index (κ3) is 4.56. The molecule has 3 rings (SSSR count). The molecule has 0 aliphatic rings. The van der Waals surface area contributed by atoms with E-state index in [1.165, 1.54) is 17.4 Å². The average molecular weight is 447 g/mol. The molecular formula is C24H22N4O3S. The highest BCUT2D eigenvalue weighted by Crippen LogP contribution is 2.33. The summed E-state index contributed by atoms with van der Waals surface area (Å²) in [6.07, 6.45) is 3.70. The van der Waals surface area contributed by atoms with Crippen LogP contribution in [0.3, 0.4) is 0 Å². The van der Waals surface area contributed by atoms with E-state index in [0.717, 1.165) is 21.3 Å². The first-order chi connectivity index (χ1) is 15.4. The number of esters is 1. The van der Waals surface area contributed by atoms with Crippen LogP contribution in [0.25, 0.3) is 17.0 Å². The quantitative estimate of drug-likeness (QED) is 0.314. The number of ether oxygens (including phenoxy) is 1. The van der Waals surface area contributed by atoms with Gasteiger partial charge in [0.05, 0.1) is 24.7 Å². The van der Waals surface area contributed by atoms with Crippen LogP contribution in [0.15, 0.2) is 36.0 Å². The van der Waals surface area contributed by atoms with Crippen molar-refractivity contribution in [1.29, 1.82) is 10.5 Å². The maximum Gasteiger partial charge on any atom is 0.341 e. The molecule has 2 heterocycles. The first-order valence-electron chi connectivity index (χ1n) is 10.1. The zero-order valence-corrected chi connectivity index (χ0v) is 18.9. The lowest BCUT2D eigenvalue weighted by atomic mass is 10.1. The number of fused-ring (bicyclic) bond motifs is 1. The lowest BCUT2D eigenvalue weighted by Gasteiger charge is -2.06. The molecule has 0 fully saturated rings. The number of hydrogen-bond acceptors (Lipinski definition) is 6. The van der Waals surface area contributed by atoms with Gasteiger partial charge in [0, 0.05) is 34.1 Å². The van der Waals surface area contributed by atoms with E-state index in [2.05, 4.69) is 11.4 Å². The Kier molecular flexibility index (Phi) is 7.09. The van der Waals surface area contributed by atoms with Crippen molar-refractivity contribution in [2.45, 2.75) is 33.7 Å². The smallest absolute Gasteiger partial charge is 0.341 e. The van der Waals surface area contributed by atoms with E-state index < -0.39 is 11.9 Å².